The first-order chi connectivity index (χ1) is 12.9. The molecule has 27 heavy (non-hydrogen) atoms. The number of rotatable bonds is 4. The van der Waals surface area contributed by atoms with E-state index in [1.165, 1.54) is 12.1 Å². The third-order valence-electron chi connectivity index (χ3n) is 4.58. The molecular formula is C22H24ClFN2O. The zero-order valence-electron chi connectivity index (χ0n) is 15.9. The molecule has 0 spiro atoms. The fourth-order valence-corrected chi connectivity index (χ4v) is 3.47. The molecule has 0 fully saturated rings. The van der Waals surface area contributed by atoms with Crippen LogP contribution in [0.15, 0.2) is 47.5 Å². The van der Waals surface area contributed by atoms with Crippen LogP contribution in [0.4, 0.5) is 10.1 Å². The third-order valence-corrected chi connectivity index (χ3v) is 4.78. The van der Waals surface area contributed by atoms with Crippen LogP contribution in [0.2, 0.25) is 0 Å². The van der Waals surface area contributed by atoms with Gasteiger partial charge in [0.2, 0.25) is 0 Å². The lowest BCUT2D eigenvalue weighted by Gasteiger charge is -2.33. The van der Waals surface area contributed by atoms with Crippen molar-refractivity contribution in [1.29, 1.82) is 0 Å². The SMILES string of the molecule is CC(C)/N=C(/c1ccc(F)cc1)N1CCCc2cc(C(=O)C(C)Cl)ccc21. The lowest BCUT2D eigenvalue weighted by atomic mass is 9.96. The van der Waals surface area contributed by atoms with E-state index in [1.807, 2.05) is 32.0 Å². The number of hydrogen-bond donors (Lipinski definition) is 0. The number of hydrogen-bond acceptors (Lipinski definition) is 2. The fraction of sp³-hybridized carbons (Fsp3) is 0.364. The summed E-state index contributed by atoms with van der Waals surface area (Å²) in [6, 6.07) is 12.3. The van der Waals surface area contributed by atoms with E-state index in [9.17, 15) is 9.18 Å². The van der Waals surface area contributed by atoms with Gasteiger partial charge >= 0.3 is 0 Å². The molecule has 0 aromatic heterocycles. The number of alkyl halides is 1. The number of aryl methyl sites for hydroxylation is 1. The summed E-state index contributed by atoms with van der Waals surface area (Å²) in [6.45, 7) is 6.57. The lowest BCUT2D eigenvalue weighted by molar-refractivity contribution is 0.0991. The molecule has 0 aliphatic carbocycles. The number of anilines is 1. The topological polar surface area (TPSA) is 32.7 Å². The van der Waals surface area contributed by atoms with Crippen LogP contribution >= 0.6 is 11.6 Å². The van der Waals surface area contributed by atoms with Gasteiger partial charge in [-0.2, -0.15) is 0 Å². The van der Waals surface area contributed by atoms with Crippen molar-refractivity contribution < 1.29 is 9.18 Å². The number of nitrogens with zero attached hydrogens (tertiary/aromatic N) is 2. The van der Waals surface area contributed by atoms with Gasteiger partial charge in [-0.05, 0) is 81.6 Å². The van der Waals surface area contributed by atoms with E-state index in [0.717, 1.165) is 42.0 Å². The molecule has 1 heterocycles. The van der Waals surface area contributed by atoms with Crippen molar-refractivity contribution in [1.82, 2.24) is 0 Å². The Kier molecular flexibility index (Phi) is 5.95. The van der Waals surface area contributed by atoms with Crippen molar-refractivity contribution in [2.75, 3.05) is 11.4 Å². The fourth-order valence-electron chi connectivity index (χ4n) is 3.34. The van der Waals surface area contributed by atoms with Crippen LogP contribution in [-0.2, 0) is 6.42 Å². The van der Waals surface area contributed by atoms with Crippen LogP contribution < -0.4 is 4.90 Å². The Balaban J connectivity index is 2.04. The van der Waals surface area contributed by atoms with Gasteiger partial charge in [-0.3, -0.25) is 9.79 Å². The van der Waals surface area contributed by atoms with Crippen LogP contribution in [0.3, 0.4) is 0 Å². The molecule has 142 valence electrons. The van der Waals surface area contributed by atoms with E-state index in [2.05, 4.69) is 4.90 Å². The molecule has 1 aliphatic heterocycles. The zero-order valence-corrected chi connectivity index (χ0v) is 16.6. The summed E-state index contributed by atoms with van der Waals surface area (Å²) < 4.78 is 13.4. The molecule has 0 N–H and O–H groups in total. The van der Waals surface area contributed by atoms with Crippen molar-refractivity contribution in [2.45, 2.75) is 45.0 Å². The lowest BCUT2D eigenvalue weighted by Crippen LogP contribution is -2.37. The molecular weight excluding hydrogens is 363 g/mol. The molecule has 0 radical (unpaired) electrons. The highest BCUT2D eigenvalue weighted by Gasteiger charge is 2.24. The van der Waals surface area contributed by atoms with Gasteiger partial charge in [-0.15, -0.1) is 11.6 Å². The van der Waals surface area contributed by atoms with E-state index < -0.39 is 5.38 Å². The molecule has 0 saturated carbocycles. The predicted molar refractivity (Wildman–Crippen MR) is 110 cm³/mol. The standard InChI is InChI=1S/C22H24ClFN2O/c1-14(2)25-22(16-6-9-19(24)10-7-16)26-12-4-5-17-13-18(8-11-20(17)26)21(27)15(3)23/h6-11,13-15H,4-5,12H2,1-3H3/b25-22-. The van der Waals surface area contributed by atoms with Crippen LogP contribution in [-0.4, -0.2) is 29.6 Å². The average molecular weight is 387 g/mol. The zero-order chi connectivity index (χ0) is 19.6. The summed E-state index contributed by atoms with van der Waals surface area (Å²) in [6.07, 6.45) is 1.86. The van der Waals surface area contributed by atoms with Crippen molar-refractivity contribution in [3.63, 3.8) is 0 Å². The second-order valence-electron chi connectivity index (χ2n) is 7.13. The van der Waals surface area contributed by atoms with E-state index in [-0.39, 0.29) is 17.6 Å². The van der Waals surface area contributed by atoms with Gasteiger partial charge in [-0.1, -0.05) is 0 Å². The minimum atomic E-state index is -0.542. The number of benzene rings is 2. The van der Waals surface area contributed by atoms with Crippen molar-refractivity contribution in [2.24, 2.45) is 4.99 Å². The maximum Gasteiger partial charge on any atom is 0.180 e. The van der Waals surface area contributed by atoms with E-state index in [1.54, 1.807) is 19.1 Å². The first kappa shape index (κ1) is 19.6. The normalized spacial score (nSPS) is 15.6. The molecule has 5 heteroatoms. The van der Waals surface area contributed by atoms with Crippen molar-refractivity contribution in [3.8, 4) is 0 Å². The van der Waals surface area contributed by atoms with Gasteiger partial charge in [0, 0.05) is 29.4 Å². The highest BCUT2D eigenvalue weighted by molar-refractivity contribution is 6.33. The van der Waals surface area contributed by atoms with E-state index in [4.69, 9.17) is 16.6 Å². The third kappa shape index (κ3) is 4.38. The molecule has 0 bridgehead atoms. The smallest absolute Gasteiger partial charge is 0.180 e. The summed E-state index contributed by atoms with van der Waals surface area (Å²) in [5, 5.41) is -0.542. The van der Waals surface area contributed by atoms with Gasteiger partial charge in [0.25, 0.3) is 0 Å². The molecule has 0 saturated heterocycles. The molecule has 1 aliphatic rings. The Morgan fingerprint density at radius 1 is 1.11 bits per heavy atom. The number of amidine groups is 1. The monoisotopic (exact) mass is 386 g/mol. The number of fused-ring (bicyclic) bond motifs is 1. The highest BCUT2D eigenvalue weighted by atomic mass is 35.5. The Morgan fingerprint density at radius 2 is 1.78 bits per heavy atom. The molecule has 0 amide bonds. The van der Waals surface area contributed by atoms with Gasteiger partial charge < -0.3 is 4.90 Å². The van der Waals surface area contributed by atoms with Crippen molar-refractivity contribution >= 4 is 28.9 Å². The van der Waals surface area contributed by atoms with Gasteiger partial charge in [-0.25, -0.2) is 4.39 Å². The summed E-state index contributed by atoms with van der Waals surface area (Å²) in [4.78, 5) is 19.2. The van der Waals surface area contributed by atoms with Crippen LogP contribution in [0, 0.1) is 5.82 Å². The van der Waals surface area contributed by atoms with Crippen LogP contribution in [0.5, 0.6) is 0 Å². The number of carbonyl (C=O) groups is 1. The van der Waals surface area contributed by atoms with Crippen molar-refractivity contribution in [3.05, 3.63) is 65.0 Å². The molecule has 2 aromatic rings. The van der Waals surface area contributed by atoms with Gasteiger partial charge in [0.1, 0.15) is 11.7 Å². The largest absolute Gasteiger partial charge is 0.326 e. The Labute approximate surface area is 164 Å². The molecule has 1 unspecified atom stereocenters. The first-order valence-corrected chi connectivity index (χ1v) is 9.73. The number of ketones is 1. The summed E-state index contributed by atoms with van der Waals surface area (Å²) in [7, 11) is 0. The number of Topliss-reactive ketones (excluding diaryl/α,β-unsaturated/α-hetero) is 1. The molecule has 3 nitrogen and oxygen atoms in total. The Hall–Kier alpha value is -2.20. The Morgan fingerprint density at radius 3 is 2.41 bits per heavy atom. The molecule has 1 atom stereocenters. The summed E-state index contributed by atoms with van der Waals surface area (Å²) in [5.41, 5.74) is 3.68. The van der Waals surface area contributed by atoms with Crippen LogP contribution in [0.1, 0.15) is 48.7 Å². The van der Waals surface area contributed by atoms with Crippen LogP contribution in [0.25, 0.3) is 0 Å². The minimum absolute atomic E-state index is 0.0637. The predicted octanol–water partition coefficient (Wildman–Crippen LogP) is 5.24. The summed E-state index contributed by atoms with van der Waals surface area (Å²) >= 11 is 5.97. The first-order valence-electron chi connectivity index (χ1n) is 9.29. The summed E-state index contributed by atoms with van der Waals surface area (Å²) in [5.74, 6) is 0.502. The Bertz CT molecular complexity index is 859. The van der Waals surface area contributed by atoms with E-state index >= 15 is 0 Å². The highest BCUT2D eigenvalue weighted by Crippen LogP contribution is 2.30. The number of aliphatic imine (C=N–C) groups is 1. The second kappa shape index (κ2) is 8.22. The maximum atomic E-state index is 13.4. The average Bonchev–Trinajstić information content (AvgIpc) is 2.65. The number of halogens is 2. The minimum Gasteiger partial charge on any atom is -0.326 e. The van der Waals surface area contributed by atoms with Gasteiger partial charge in [0.05, 0.1) is 5.38 Å². The molecule has 2 aromatic carbocycles. The van der Waals surface area contributed by atoms with E-state index in [0.29, 0.717) is 5.56 Å². The quantitative estimate of drug-likeness (QED) is 0.311. The van der Waals surface area contributed by atoms with Gasteiger partial charge in [0.15, 0.2) is 5.78 Å². The number of carbonyl (C=O) groups excluding carboxylic acids is 1. The second-order valence-corrected chi connectivity index (χ2v) is 7.79. The maximum absolute atomic E-state index is 13.4. The molecule has 3 rings (SSSR count).